The molecule has 0 aliphatic heterocycles. The Morgan fingerprint density at radius 3 is 1.68 bits per heavy atom. The molecule has 19 heavy (non-hydrogen) atoms. The average molecular weight is 260 g/mol. The zero-order valence-electron chi connectivity index (χ0n) is 12.6. The first-order valence-electron chi connectivity index (χ1n) is 8.18. The van der Waals surface area contributed by atoms with Crippen molar-refractivity contribution in [3.8, 4) is 0 Å². The Morgan fingerprint density at radius 2 is 1.26 bits per heavy atom. The number of aryl methyl sites for hydroxylation is 2. The van der Waals surface area contributed by atoms with Crippen LogP contribution in [0.1, 0.15) is 76.3 Å². The first-order chi connectivity index (χ1) is 9.35. The van der Waals surface area contributed by atoms with Gasteiger partial charge in [0.15, 0.2) is 0 Å². The van der Waals surface area contributed by atoms with Gasteiger partial charge >= 0.3 is 0 Å². The highest BCUT2D eigenvalue weighted by molar-refractivity contribution is 5.71. The molecule has 0 aliphatic carbocycles. The summed E-state index contributed by atoms with van der Waals surface area (Å²) in [5.41, 5.74) is 5.21. The lowest BCUT2D eigenvalue weighted by atomic mass is 10.0. The van der Waals surface area contributed by atoms with Crippen molar-refractivity contribution in [1.29, 1.82) is 0 Å². The van der Waals surface area contributed by atoms with Crippen molar-refractivity contribution in [3.05, 3.63) is 23.3 Å². The summed E-state index contributed by atoms with van der Waals surface area (Å²) < 4.78 is 5.86. The fourth-order valence-electron chi connectivity index (χ4n) is 2.89. The molecule has 106 valence electrons. The average Bonchev–Trinajstić information content (AvgIpc) is 2.99. The molecule has 0 saturated heterocycles. The normalized spacial score (nSPS) is 11.7. The number of furan rings is 2. The van der Waals surface area contributed by atoms with Gasteiger partial charge in [-0.05, 0) is 48.9 Å². The molecular weight excluding hydrogens is 232 g/mol. The second kappa shape index (κ2) is 7.57. The van der Waals surface area contributed by atoms with Crippen LogP contribution in [0.2, 0.25) is 0 Å². The third kappa shape index (κ3) is 3.99. The van der Waals surface area contributed by atoms with Gasteiger partial charge in [-0.1, -0.05) is 52.4 Å². The van der Waals surface area contributed by atoms with Crippen LogP contribution in [0.5, 0.6) is 0 Å². The van der Waals surface area contributed by atoms with Crippen LogP contribution in [0, 0.1) is 0 Å². The van der Waals surface area contributed by atoms with Crippen LogP contribution < -0.4 is 0 Å². The SMILES string of the molecule is CCCCCCc1cc2cc(CCCCCC)c1o2. The van der Waals surface area contributed by atoms with Gasteiger partial charge in [-0.25, -0.2) is 0 Å². The highest BCUT2D eigenvalue weighted by Crippen LogP contribution is 2.29. The van der Waals surface area contributed by atoms with E-state index in [2.05, 4.69) is 26.0 Å². The molecule has 2 aromatic heterocycles. The number of hydrogen-bond acceptors (Lipinski definition) is 1. The Bertz CT molecular complexity index is 418. The van der Waals surface area contributed by atoms with Gasteiger partial charge in [0.1, 0.15) is 11.2 Å². The van der Waals surface area contributed by atoms with Crippen molar-refractivity contribution < 1.29 is 4.42 Å². The molecule has 1 nitrogen and oxygen atoms in total. The molecule has 2 bridgehead atoms. The molecule has 2 rings (SSSR count). The largest absolute Gasteiger partial charge is 0.457 e. The summed E-state index contributed by atoms with van der Waals surface area (Å²) >= 11 is 0. The Morgan fingerprint density at radius 1 is 0.737 bits per heavy atom. The fraction of sp³-hybridized carbons (Fsp3) is 0.667. The standard InChI is InChI=1S/C18H28O/c1-3-5-7-9-11-15-13-17-14-16(18(15)19-17)12-10-8-6-4-2/h13-14H,3-12H2,1-2H3. The van der Waals surface area contributed by atoms with Crippen LogP contribution in [-0.2, 0) is 12.8 Å². The summed E-state index contributed by atoms with van der Waals surface area (Å²) in [4.78, 5) is 0. The maximum absolute atomic E-state index is 5.86. The quantitative estimate of drug-likeness (QED) is 0.469. The Labute approximate surface area is 117 Å². The highest BCUT2D eigenvalue weighted by Gasteiger charge is 2.13. The van der Waals surface area contributed by atoms with Crippen LogP contribution in [0.25, 0.3) is 11.2 Å². The molecule has 0 amide bonds. The minimum atomic E-state index is 1.09. The molecule has 2 aromatic rings. The molecule has 1 heteroatoms. The third-order valence-corrected chi connectivity index (χ3v) is 4.04. The molecule has 0 unspecified atom stereocenters. The smallest absolute Gasteiger partial charge is 0.134 e. The summed E-state index contributed by atoms with van der Waals surface area (Å²) in [7, 11) is 0. The monoisotopic (exact) mass is 260 g/mol. The van der Waals surface area contributed by atoms with Gasteiger partial charge in [0.05, 0.1) is 0 Å². The lowest BCUT2D eigenvalue weighted by Gasteiger charge is -2.02. The lowest BCUT2D eigenvalue weighted by molar-refractivity contribution is 0.645. The van der Waals surface area contributed by atoms with Gasteiger partial charge < -0.3 is 4.42 Å². The minimum Gasteiger partial charge on any atom is -0.457 e. The first kappa shape index (κ1) is 14.4. The number of rotatable bonds is 10. The van der Waals surface area contributed by atoms with E-state index in [0.717, 1.165) is 5.58 Å². The zero-order valence-corrected chi connectivity index (χ0v) is 12.6. The minimum absolute atomic E-state index is 1.09. The molecule has 0 aromatic carbocycles. The van der Waals surface area contributed by atoms with Crippen LogP contribution in [0.4, 0.5) is 0 Å². The van der Waals surface area contributed by atoms with Gasteiger partial charge in [-0.3, -0.25) is 0 Å². The van der Waals surface area contributed by atoms with E-state index in [1.54, 1.807) is 0 Å². The molecule has 2 heterocycles. The number of unbranched alkanes of at least 4 members (excludes halogenated alkanes) is 6. The van der Waals surface area contributed by atoms with Crippen molar-refractivity contribution in [2.45, 2.75) is 78.1 Å². The molecule has 0 N–H and O–H groups in total. The molecule has 0 radical (unpaired) electrons. The zero-order chi connectivity index (χ0) is 13.5. The topological polar surface area (TPSA) is 13.1 Å². The van der Waals surface area contributed by atoms with E-state index < -0.39 is 0 Å². The van der Waals surface area contributed by atoms with Crippen molar-refractivity contribution in [2.24, 2.45) is 0 Å². The molecule has 0 aliphatic rings. The predicted molar refractivity (Wildman–Crippen MR) is 83.1 cm³/mol. The maximum Gasteiger partial charge on any atom is 0.134 e. The van der Waals surface area contributed by atoms with E-state index in [4.69, 9.17) is 4.42 Å². The summed E-state index contributed by atoms with van der Waals surface area (Å²) in [5.74, 6) is 0. The van der Waals surface area contributed by atoms with Crippen molar-refractivity contribution >= 4 is 11.2 Å². The number of benzene rings is 1. The van der Waals surface area contributed by atoms with Crippen LogP contribution in [0.15, 0.2) is 16.5 Å². The molecular formula is C18H28O. The van der Waals surface area contributed by atoms with Crippen molar-refractivity contribution in [2.75, 3.05) is 0 Å². The van der Waals surface area contributed by atoms with Crippen molar-refractivity contribution in [3.63, 3.8) is 0 Å². The molecule has 0 fully saturated rings. The Hall–Kier alpha value is -0.980. The Balaban J connectivity index is 1.84. The van der Waals surface area contributed by atoms with E-state index in [1.807, 2.05) is 0 Å². The number of hydrogen-bond donors (Lipinski definition) is 0. The van der Waals surface area contributed by atoms with Gasteiger partial charge in [0.25, 0.3) is 0 Å². The van der Waals surface area contributed by atoms with Gasteiger partial charge in [0.2, 0.25) is 0 Å². The summed E-state index contributed by atoms with van der Waals surface area (Å²) in [6.07, 6.45) is 13.1. The van der Waals surface area contributed by atoms with E-state index in [-0.39, 0.29) is 0 Å². The molecule has 0 spiro atoms. The van der Waals surface area contributed by atoms with Crippen LogP contribution >= 0.6 is 0 Å². The second-order valence-electron chi connectivity index (χ2n) is 5.79. The summed E-state index contributed by atoms with van der Waals surface area (Å²) in [6, 6.07) is 4.49. The summed E-state index contributed by atoms with van der Waals surface area (Å²) in [5, 5.41) is 0. The van der Waals surface area contributed by atoms with Crippen LogP contribution in [0.3, 0.4) is 0 Å². The van der Waals surface area contributed by atoms with Crippen LogP contribution in [-0.4, -0.2) is 0 Å². The van der Waals surface area contributed by atoms with E-state index in [1.165, 1.54) is 80.9 Å². The maximum atomic E-state index is 5.86. The number of fused-ring (bicyclic) bond motifs is 2. The highest BCUT2D eigenvalue weighted by atomic mass is 16.3. The van der Waals surface area contributed by atoms with E-state index in [0.29, 0.717) is 0 Å². The predicted octanol–water partition coefficient (Wildman–Crippen LogP) is 6.12. The first-order valence-corrected chi connectivity index (χ1v) is 8.18. The van der Waals surface area contributed by atoms with Gasteiger partial charge in [0, 0.05) is 0 Å². The lowest BCUT2D eigenvalue weighted by Crippen LogP contribution is -1.90. The van der Waals surface area contributed by atoms with Crippen molar-refractivity contribution in [1.82, 2.24) is 0 Å². The van der Waals surface area contributed by atoms with E-state index >= 15 is 0 Å². The molecule has 0 saturated carbocycles. The van der Waals surface area contributed by atoms with E-state index in [9.17, 15) is 0 Å². The molecule has 0 atom stereocenters. The van der Waals surface area contributed by atoms with Gasteiger partial charge in [-0.2, -0.15) is 0 Å². The third-order valence-electron chi connectivity index (χ3n) is 4.04. The summed E-state index contributed by atoms with van der Waals surface area (Å²) in [6.45, 7) is 4.53. The second-order valence-corrected chi connectivity index (χ2v) is 5.79. The fourth-order valence-corrected chi connectivity index (χ4v) is 2.89. The van der Waals surface area contributed by atoms with Gasteiger partial charge in [-0.15, -0.1) is 0 Å². The Kier molecular flexibility index (Phi) is 5.75.